The van der Waals surface area contributed by atoms with Gasteiger partial charge in [0.1, 0.15) is 21.9 Å². The molecule has 1 rings (SSSR count). The first kappa shape index (κ1) is 24.1. The molecule has 10 heteroatoms. The number of hydrogen-bond acceptors (Lipinski definition) is 7. The molecule has 1 heterocycles. The van der Waals surface area contributed by atoms with Crippen LogP contribution in [0, 0.1) is 0 Å². The molecule has 0 aliphatic heterocycles. The quantitative estimate of drug-likeness (QED) is 0.640. The number of amides is 2. The molecule has 3 N–H and O–H groups in total. The number of hydrogen-bond donors (Lipinski definition) is 2. The average Bonchev–Trinajstić information content (AvgIpc) is 2.96. The van der Waals surface area contributed by atoms with Gasteiger partial charge in [0, 0.05) is 31.4 Å². The minimum Gasteiger partial charge on any atom is -0.444 e. The second-order valence-corrected chi connectivity index (χ2v) is 9.52. The molecule has 0 aromatic carbocycles. The fourth-order valence-corrected chi connectivity index (χ4v) is 2.96. The van der Waals surface area contributed by atoms with Crippen molar-refractivity contribution in [3.63, 3.8) is 0 Å². The summed E-state index contributed by atoms with van der Waals surface area (Å²) in [6.45, 7) is 11.7. The van der Waals surface area contributed by atoms with Crippen LogP contribution in [-0.2, 0) is 15.9 Å². The van der Waals surface area contributed by atoms with E-state index in [-0.39, 0.29) is 18.1 Å². The minimum absolute atomic E-state index is 0.240. The van der Waals surface area contributed by atoms with Gasteiger partial charge in [0.05, 0.1) is 5.01 Å². The molecule has 1 aromatic heterocycles. The molecule has 0 aliphatic carbocycles. The van der Waals surface area contributed by atoms with Crippen molar-refractivity contribution in [2.24, 2.45) is 5.73 Å². The van der Waals surface area contributed by atoms with Crippen LogP contribution in [0.25, 0.3) is 0 Å². The Hall–Kier alpha value is -1.94. The van der Waals surface area contributed by atoms with Crippen molar-refractivity contribution in [1.29, 1.82) is 0 Å². The first-order valence-electron chi connectivity index (χ1n) is 8.96. The number of nitrogens with one attached hydrogen (secondary N) is 1. The third-order valence-electron chi connectivity index (χ3n) is 3.10. The Morgan fingerprint density at radius 1 is 1.18 bits per heavy atom. The number of thiazole rings is 1. The normalized spacial score (nSPS) is 11.6. The van der Waals surface area contributed by atoms with Crippen molar-refractivity contribution >= 4 is 40.7 Å². The van der Waals surface area contributed by atoms with Crippen molar-refractivity contribution in [1.82, 2.24) is 15.2 Å². The maximum absolute atomic E-state index is 12.5. The molecule has 0 aliphatic rings. The highest BCUT2D eigenvalue weighted by Gasteiger charge is 2.23. The number of rotatable bonds is 7. The van der Waals surface area contributed by atoms with Crippen LogP contribution in [0.2, 0.25) is 0 Å². The number of nitrogens with zero attached hydrogens (tertiary/aromatic N) is 2. The smallest absolute Gasteiger partial charge is 0.410 e. The second-order valence-electron chi connectivity index (χ2n) is 8.14. The van der Waals surface area contributed by atoms with E-state index in [0.717, 1.165) is 5.01 Å². The summed E-state index contributed by atoms with van der Waals surface area (Å²) < 4.78 is 10.7. The number of aromatic nitrogens is 1. The Morgan fingerprint density at radius 3 is 2.29 bits per heavy atom. The van der Waals surface area contributed by atoms with Gasteiger partial charge in [0.25, 0.3) is 0 Å². The number of carbonyl (C=O) groups is 2. The lowest BCUT2D eigenvalue weighted by molar-refractivity contribution is 0.0242. The van der Waals surface area contributed by atoms with Crippen LogP contribution < -0.4 is 11.1 Å². The number of thiocarbonyl (C=S) groups is 1. The monoisotopic (exact) mass is 430 g/mol. The van der Waals surface area contributed by atoms with Crippen molar-refractivity contribution < 1.29 is 19.1 Å². The first-order valence-corrected chi connectivity index (χ1v) is 10.2. The summed E-state index contributed by atoms with van der Waals surface area (Å²) in [5.74, 6) is 0. The van der Waals surface area contributed by atoms with Crippen molar-refractivity contribution in [3.8, 4) is 0 Å². The maximum Gasteiger partial charge on any atom is 0.410 e. The van der Waals surface area contributed by atoms with E-state index >= 15 is 0 Å². The van der Waals surface area contributed by atoms with Gasteiger partial charge in [-0.25, -0.2) is 14.6 Å². The van der Waals surface area contributed by atoms with Crippen LogP contribution in [0.4, 0.5) is 9.59 Å². The Labute approximate surface area is 175 Å². The van der Waals surface area contributed by atoms with Crippen LogP contribution >= 0.6 is 23.6 Å². The van der Waals surface area contributed by atoms with Crippen molar-refractivity contribution in [3.05, 3.63) is 16.1 Å². The molecule has 0 atom stereocenters. The van der Waals surface area contributed by atoms with E-state index in [2.05, 4.69) is 10.3 Å². The van der Waals surface area contributed by atoms with E-state index in [1.807, 2.05) is 0 Å². The molecule has 0 bridgehead atoms. The summed E-state index contributed by atoms with van der Waals surface area (Å²) in [6.07, 6.45) is -0.457. The first-order chi connectivity index (χ1) is 12.8. The summed E-state index contributed by atoms with van der Waals surface area (Å²) in [4.78, 5) is 30.4. The molecule has 0 spiro atoms. The number of carbonyl (C=O) groups excluding carboxylic acids is 2. The van der Waals surface area contributed by atoms with Gasteiger partial charge in [-0.05, 0) is 41.5 Å². The number of ether oxygens (including phenoxy) is 2. The van der Waals surface area contributed by atoms with E-state index in [1.165, 1.54) is 16.2 Å². The maximum atomic E-state index is 12.5. The Bertz CT molecular complexity index is 692. The molecular formula is C18H30N4O4S2. The third-order valence-corrected chi connectivity index (χ3v) is 4.22. The van der Waals surface area contributed by atoms with Gasteiger partial charge in [-0.1, -0.05) is 12.2 Å². The lowest BCUT2D eigenvalue weighted by Gasteiger charge is -2.27. The van der Waals surface area contributed by atoms with Crippen LogP contribution in [0.15, 0.2) is 5.38 Å². The predicted molar refractivity (Wildman–Crippen MR) is 114 cm³/mol. The van der Waals surface area contributed by atoms with Gasteiger partial charge in [-0.2, -0.15) is 0 Å². The van der Waals surface area contributed by atoms with Crippen LogP contribution in [0.3, 0.4) is 0 Å². The number of nitrogens with two attached hydrogens (primary N) is 1. The molecule has 2 amide bonds. The van der Waals surface area contributed by atoms with E-state index in [0.29, 0.717) is 18.7 Å². The Kier molecular flexibility index (Phi) is 8.62. The zero-order chi connectivity index (χ0) is 21.5. The second kappa shape index (κ2) is 10.0. The molecule has 158 valence electrons. The number of alkyl carbamates (subject to hydrolysis) is 1. The van der Waals surface area contributed by atoms with Gasteiger partial charge in [-0.3, -0.25) is 0 Å². The molecule has 1 aromatic rings. The summed E-state index contributed by atoms with van der Waals surface area (Å²) in [6, 6.07) is 0. The van der Waals surface area contributed by atoms with Gasteiger partial charge >= 0.3 is 12.2 Å². The highest BCUT2D eigenvalue weighted by atomic mass is 32.1. The molecule has 28 heavy (non-hydrogen) atoms. The van der Waals surface area contributed by atoms with Gasteiger partial charge in [0.15, 0.2) is 0 Å². The topological polar surface area (TPSA) is 107 Å². The highest BCUT2D eigenvalue weighted by Crippen LogP contribution is 2.13. The molecule has 0 radical (unpaired) electrons. The highest BCUT2D eigenvalue weighted by molar-refractivity contribution is 7.80. The van der Waals surface area contributed by atoms with Crippen molar-refractivity contribution in [2.45, 2.75) is 59.2 Å². The molecular weight excluding hydrogens is 400 g/mol. The third kappa shape index (κ3) is 9.84. The predicted octanol–water partition coefficient (Wildman–Crippen LogP) is 3.08. The molecule has 0 saturated carbocycles. The standard InChI is InChI=1S/C18H30N4O4S2/c1-17(2,3)25-15(23)20-8-10-22(16(24)26-18(4,5)6)9-7-13-21-12(11-28-13)14(19)27/h11H,7-10H2,1-6H3,(H2,19,27)(H,20,23). The van der Waals surface area contributed by atoms with Crippen molar-refractivity contribution in [2.75, 3.05) is 19.6 Å². The van der Waals surface area contributed by atoms with Gasteiger partial charge in [0.2, 0.25) is 0 Å². The summed E-state index contributed by atoms with van der Waals surface area (Å²) in [5.41, 5.74) is 4.95. The Morgan fingerprint density at radius 2 is 1.79 bits per heavy atom. The lowest BCUT2D eigenvalue weighted by atomic mass is 10.2. The molecule has 0 saturated heterocycles. The van der Waals surface area contributed by atoms with Crippen LogP contribution in [0.1, 0.15) is 52.2 Å². The lowest BCUT2D eigenvalue weighted by Crippen LogP contribution is -2.43. The average molecular weight is 431 g/mol. The summed E-state index contributed by atoms with van der Waals surface area (Å²) >= 11 is 6.35. The van der Waals surface area contributed by atoms with Gasteiger partial charge < -0.3 is 25.4 Å². The van der Waals surface area contributed by atoms with Crippen LogP contribution in [-0.4, -0.2) is 57.9 Å². The molecule has 0 unspecified atom stereocenters. The summed E-state index contributed by atoms with van der Waals surface area (Å²) in [7, 11) is 0. The van der Waals surface area contributed by atoms with Crippen LogP contribution in [0.5, 0.6) is 0 Å². The van der Waals surface area contributed by atoms with E-state index in [1.54, 1.807) is 46.9 Å². The van der Waals surface area contributed by atoms with E-state index < -0.39 is 23.4 Å². The largest absolute Gasteiger partial charge is 0.444 e. The zero-order valence-electron chi connectivity index (χ0n) is 17.3. The fourth-order valence-electron chi connectivity index (χ4n) is 2.00. The Balaban J connectivity index is 2.66. The van der Waals surface area contributed by atoms with Gasteiger partial charge in [-0.15, -0.1) is 11.3 Å². The van der Waals surface area contributed by atoms with E-state index in [9.17, 15) is 9.59 Å². The SMILES string of the molecule is CC(C)(C)OC(=O)NCCN(CCc1nc(C(N)=S)cs1)C(=O)OC(C)(C)C. The molecule has 8 nitrogen and oxygen atoms in total. The zero-order valence-corrected chi connectivity index (χ0v) is 19.0. The summed E-state index contributed by atoms with van der Waals surface area (Å²) in [5, 5.41) is 5.25. The van der Waals surface area contributed by atoms with E-state index in [4.69, 9.17) is 27.4 Å². The minimum atomic E-state index is -0.617. The molecule has 0 fully saturated rings. The fraction of sp³-hybridized carbons (Fsp3) is 0.667.